The summed E-state index contributed by atoms with van der Waals surface area (Å²) in [5.74, 6) is -7.76. The normalized spacial score (nSPS) is 10.3. The summed E-state index contributed by atoms with van der Waals surface area (Å²) in [6.07, 6.45) is 0. The van der Waals surface area contributed by atoms with Gasteiger partial charge in [0.05, 0.1) is 0 Å². The minimum Gasteiger partial charge on any atom is -0.310 e. The largest absolute Gasteiger partial charge is 0.310 e. The van der Waals surface area contributed by atoms with Crippen molar-refractivity contribution in [3.05, 3.63) is 23.5 Å². The van der Waals surface area contributed by atoms with Crippen molar-refractivity contribution in [2.75, 3.05) is 11.9 Å². The number of pyridine rings is 1. The second kappa shape index (κ2) is 3.84. The van der Waals surface area contributed by atoms with Crippen molar-refractivity contribution >= 4 is 11.6 Å². The lowest BCUT2D eigenvalue weighted by atomic mass is 10.3. The molecule has 1 amide bonds. The third-order valence-corrected chi connectivity index (χ3v) is 1.78. The molecule has 1 rings (SSSR count). The number of aromatic nitrogens is 1. The molecular formula is C8H6F4N2O. The van der Waals surface area contributed by atoms with Crippen LogP contribution in [0.25, 0.3) is 0 Å². The molecule has 1 aromatic heterocycles. The Kier molecular flexibility index (Phi) is 2.92. The Morgan fingerprint density at radius 1 is 1.13 bits per heavy atom. The number of hydrogen-bond acceptors (Lipinski definition) is 2. The van der Waals surface area contributed by atoms with Crippen LogP contribution in [0.3, 0.4) is 0 Å². The number of carbonyl (C=O) groups excluding carboxylic acids is 1. The van der Waals surface area contributed by atoms with E-state index in [-0.39, 0.29) is 0 Å². The lowest BCUT2D eigenvalue weighted by Gasteiger charge is -2.16. The van der Waals surface area contributed by atoms with Crippen molar-refractivity contribution in [1.29, 1.82) is 0 Å². The number of anilines is 1. The van der Waals surface area contributed by atoms with Crippen LogP contribution in [-0.2, 0) is 4.79 Å². The van der Waals surface area contributed by atoms with Gasteiger partial charge in [-0.1, -0.05) is 0 Å². The molecule has 0 aromatic carbocycles. The summed E-state index contributed by atoms with van der Waals surface area (Å²) in [5.41, 5.74) is -1.09. The molecule has 3 nitrogen and oxygen atoms in total. The van der Waals surface area contributed by atoms with Gasteiger partial charge < -0.3 is 4.90 Å². The molecule has 0 fully saturated rings. The van der Waals surface area contributed by atoms with Gasteiger partial charge in [-0.15, -0.1) is 0 Å². The Morgan fingerprint density at radius 3 is 1.87 bits per heavy atom. The van der Waals surface area contributed by atoms with E-state index in [9.17, 15) is 22.4 Å². The highest BCUT2D eigenvalue weighted by Gasteiger charge is 2.25. The summed E-state index contributed by atoms with van der Waals surface area (Å²) in [7, 11) is 0.989. The van der Waals surface area contributed by atoms with Crippen molar-refractivity contribution in [2.24, 2.45) is 0 Å². The van der Waals surface area contributed by atoms with E-state index < -0.39 is 35.1 Å². The lowest BCUT2D eigenvalue weighted by molar-refractivity contribution is -0.116. The van der Waals surface area contributed by atoms with Crippen LogP contribution in [0.4, 0.5) is 23.2 Å². The molecule has 0 unspecified atom stereocenters. The van der Waals surface area contributed by atoms with Gasteiger partial charge in [-0.3, -0.25) is 4.79 Å². The molecule has 0 radical (unpaired) electrons. The smallest absolute Gasteiger partial charge is 0.253 e. The first-order valence-corrected chi connectivity index (χ1v) is 3.80. The van der Waals surface area contributed by atoms with Gasteiger partial charge in [0.25, 0.3) is 11.9 Å². The van der Waals surface area contributed by atoms with Gasteiger partial charge in [-0.25, -0.2) is 0 Å². The van der Waals surface area contributed by atoms with Gasteiger partial charge in [0.2, 0.25) is 17.5 Å². The Bertz CT molecular complexity index is 395. The molecular weight excluding hydrogens is 216 g/mol. The van der Waals surface area contributed by atoms with E-state index in [1.165, 1.54) is 0 Å². The van der Waals surface area contributed by atoms with E-state index in [1.54, 1.807) is 0 Å². The van der Waals surface area contributed by atoms with E-state index in [1.807, 2.05) is 0 Å². The zero-order chi connectivity index (χ0) is 11.7. The Labute approximate surface area is 82.3 Å². The number of carbonyl (C=O) groups is 1. The average Bonchev–Trinajstić information content (AvgIpc) is 2.15. The Morgan fingerprint density at radius 2 is 1.53 bits per heavy atom. The second-order valence-electron chi connectivity index (χ2n) is 2.75. The highest BCUT2D eigenvalue weighted by Crippen LogP contribution is 2.25. The molecule has 0 aliphatic carbocycles. The van der Waals surface area contributed by atoms with Crippen molar-refractivity contribution in [2.45, 2.75) is 6.92 Å². The Hall–Kier alpha value is -1.66. The maximum atomic E-state index is 13.0. The lowest BCUT2D eigenvalue weighted by Crippen LogP contribution is -2.26. The number of hydrogen-bond donors (Lipinski definition) is 0. The van der Waals surface area contributed by atoms with Gasteiger partial charge >= 0.3 is 0 Å². The van der Waals surface area contributed by atoms with E-state index in [0.717, 1.165) is 14.0 Å². The second-order valence-corrected chi connectivity index (χ2v) is 2.75. The minimum absolute atomic E-state index is 0.457. The van der Waals surface area contributed by atoms with Gasteiger partial charge in [0.15, 0.2) is 0 Å². The maximum absolute atomic E-state index is 13.0. The molecule has 0 aliphatic heterocycles. The number of halogens is 4. The van der Waals surface area contributed by atoms with Crippen LogP contribution in [0.5, 0.6) is 0 Å². The number of amides is 1. The van der Waals surface area contributed by atoms with Gasteiger partial charge in [0.1, 0.15) is 5.69 Å². The summed E-state index contributed by atoms with van der Waals surface area (Å²) < 4.78 is 51.3. The molecule has 1 aromatic rings. The molecule has 0 atom stereocenters. The van der Waals surface area contributed by atoms with Crippen LogP contribution >= 0.6 is 0 Å². The summed E-state index contributed by atoms with van der Waals surface area (Å²) in [5, 5.41) is 0. The van der Waals surface area contributed by atoms with E-state index in [0.29, 0.717) is 4.90 Å². The standard InChI is InChI=1S/C8H6F4N2O/c1-3(15)14(2)6-4(9)7(11)13-8(12)5(6)10/h1-2H3. The molecule has 1 heterocycles. The predicted molar refractivity (Wildman–Crippen MR) is 43.2 cm³/mol. The molecule has 0 spiro atoms. The summed E-state index contributed by atoms with van der Waals surface area (Å²) in [6, 6.07) is 0. The molecule has 0 saturated carbocycles. The van der Waals surface area contributed by atoms with Crippen molar-refractivity contribution in [3.8, 4) is 0 Å². The summed E-state index contributed by atoms with van der Waals surface area (Å²) in [4.78, 5) is 13.6. The SMILES string of the molecule is CC(=O)N(C)c1c(F)c(F)nc(F)c1F. The first-order valence-electron chi connectivity index (χ1n) is 3.80. The highest BCUT2D eigenvalue weighted by molar-refractivity contribution is 5.91. The fraction of sp³-hybridized carbons (Fsp3) is 0.250. The zero-order valence-corrected chi connectivity index (χ0v) is 7.81. The predicted octanol–water partition coefficient (Wildman–Crippen LogP) is 1.62. The summed E-state index contributed by atoms with van der Waals surface area (Å²) >= 11 is 0. The van der Waals surface area contributed by atoms with E-state index in [2.05, 4.69) is 4.98 Å². The molecule has 0 N–H and O–H groups in total. The molecule has 82 valence electrons. The maximum Gasteiger partial charge on any atom is 0.253 e. The van der Waals surface area contributed by atoms with Gasteiger partial charge in [-0.05, 0) is 0 Å². The third-order valence-electron chi connectivity index (χ3n) is 1.78. The van der Waals surface area contributed by atoms with E-state index in [4.69, 9.17) is 0 Å². The van der Waals surface area contributed by atoms with Crippen LogP contribution in [0.15, 0.2) is 0 Å². The molecule has 0 aliphatic rings. The van der Waals surface area contributed by atoms with Crippen LogP contribution < -0.4 is 4.90 Å². The van der Waals surface area contributed by atoms with Crippen LogP contribution in [-0.4, -0.2) is 17.9 Å². The van der Waals surface area contributed by atoms with E-state index >= 15 is 0 Å². The van der Waals surface area contributed by atoms with Gasteiger partial charge in [-0.2, -0.15) is 22.5 Å². The fourth-order valence-electron chi connectivity index (χ4n) is 0.928. The summed E-state index contributed by atoms with van der Waals surface area (Å²) in [6.45, 7) is 0.995. The fourth-order valence-corrected chi connectivity index (χ4v) is 0.928. The average molecular weight is 222 g/mol. The topological polar surface area (TPSA) is 33.2 Å². The third kappa shape index (κ3) is 1.90. The van der Waals surface area contributed by atoms with Gasteiger partial charge in [0, 0.05) is 14.0 Å². The quantitative estimate of drug-likeness (QED) is 0.534. The number of nitrogens with zero attached hydrogens (tertiary/aromatic N) is 2. The zero-order valence-electron chi connectivity index (χ0n) is 7.81. The monoisotopic (exact) mass is 222 g/mol. The number of rotatable bonds is 1. The van der Waals surface area contributed by atoms with Crippen molar-refractivity contribution in [1.82, 2.24) is 4.98 Å². The minimum atomic E-state index is -1.79. The molecule has 0 bridgehead atoms. The first-order chi connectivity index (χ1) is 6.86. The van der Waals surface area contributed by atoms with Crippen LogP contribution in [0, 0.1) is 23.5 Å². The Balaban J connectivity index is 3.45. The molecule has 7 heteroatoms. The van der Waals surface area contributed by atoms with Crippen LogP contribution in [0.2, 0.25) is 0 Å². The molecule has 15 heavy (non-hydrogen) atoms. The van der Waals surface area contributed by atoms with Crippen molar-refractivity contribution in [3.63, 3.8) is 0 Å². The van der Waals surface area contributed by atoms with Crippen LogP contribution in [0.1, 0.15) is 6.92 Å². The van der Waals surface area contributed by atoms with Crippen molar-refractivity contribution < 1.29 is 22.4 Å². The molecule has 0 saturated heterocycles. The highest BCUT2D eigenvalue weighted by atomic mass is 19.2. The first kappa shape index (κ1) is 11.4.